The van der Waals surface area contributed by atoms with Gasteiger partial charge in [0.2, 0.25) is 0 Å². The molecule has 0 saturated carbocycles. The largest absolute Gasteiger partial charge is 0.459 e. The van der Waals surface area contributed by atoms with E-state index in [2.05, 4.69) is 15.3 Å². The van der Waals surface area contributed by atoms with Crippen molar-refractivity contribution in [1.82, 2.24) is 14.9 Å². The number of piperazine rings is 1. The molecular weight excluding hydrogens is 380 g/mol. The van der Waals surface area contributed by atoms with Gasteiger partial charge in [0, 0.05) is 38.3 Å². The second-order valence-corrected chi connectivity index (χ2v) is 6.66. The molecule has 1 amide bonds. The topological polar surface area (TPSA) is 74.5 Å². The fourth-order valence-electron chi connectivity index (χ4n) is 3.20. The molecule has 3 aromatic rings. The molecule has 1 aromatic carbocycles. The van der Waals surface area contributed by atoms with Crippen molar-refractivity contribution in [1.29, 1.82) is 0 Å². The molecule has 0 unspecified atom stereocenters. The predicted molar refractivity (Wildman–Crippen MR) is 103 cm³/mol. The Bertz CT molecular complexity index is 1020. The standard InChI is InChI=1S/C20H19F2N5O2/c1-13-23-18(25-16-5-4-14(21)11-15(16)22)12-19(24-13)26-6-8-27(9-7-26)20(28)17-3-2-10-29-17/h2-5,10-12H,6-9H2,1H3,(H,23,24,25). The molecule has 7 nitrogen and oxygen atoms in total. The SMILES string of the molecule is Cc1nc(Nc2ccc(F)cc2F)cc(N2CCN(C(=O)c3ccco3)CC2)n1. The number of anilines is 3. The van der Waals surface area contributed by atoms with Crippen molar-refractivity contribution in [2.24, 2.45) is 0 Å². The lowest BCUT2D eigenvalue weighted by atomic mass is 10.2. The summed E-state index contributed by atoms with van der Waals surface area (Å²) in [5, 5.41) is 2.87. The highest BCUT2D eigenvalue weighted by Crippen LogP contribution is 2.23. The maximum atomic E-state index is 13.9. The molecule has 0 aliphatic carbocycles. The first-order valence-corrected chi connectivity index (χ1v) is 9.15. The molecule has 4 rings (SSSR count). The zero-order chi connectivity index (χ0) is 20.4. The quantitative estimate of drug-likeness (QED) is 0.725. The Balaban J connectivity index is 1.46. The highest BCUT2D eigenvalue weighted by Gasteiger charge is 2.24. The summed E-state index contributed by atoms with van der Waals surface area (Å²) in [5.74, 6) is 0.440. The van der Waals surface area contributed by atoms with E-state index in [1.54, 1.807) is 30.0 Å². The average Bonchev–Trinajstić information content (AvgIpc) is 3.24. The van der Waals surface area contributed by atoms with Crippen molar-refractivity contribution in [2.75, 3.05) is 36.4 Å². The fraction of sp³-hybridized carbons (Fsp3) is 0.250. The zero-order valence-corrected chi connectivity index (χ0v) is 15.7. The van der Waals surface area contributed by atoms with E-state index in [0.717, 1.165) is 6.07 Å². The third kappa shape index (κ3) is 4.18. The smallest absolute Gasteiger partial charge is 0.289 e. The van der Waals surface area contributed by atoms with Crippen molar-refractivity contribution in [3.63, 3.8) is 0 Å². The first kappa shape index (κ1) is 18.9. The fourth-order valence-corrected chi connectivity index (χ4v) is 3.20. The predicted octanol–water partition coefficient (Wildman–Crippen LogP) is 3.36. The van der Waals surface area contributed by atoms with Gasteiger partial charge in [-0.3, -0.25) is 4.79 Å². The van der Waals surface area contributed by atoms with Crippen LogP contribution in [-0.4, -0.2) is 47.0 Å². The van der Waals surface area contributed by atoms with Crippen LogP contribution in [0, 0.1) is 18.6 Å². The van der Waals surface area contributed by atoms with Gasteiger partial charge in [-0.15, -0.1) is 0 Å². The maximum absolute atomic E-state index is 13.9. The minimum Gasteiger partial charge on any atom is -0.459 e. The van der Waals surface area contributed by atoms with Gasteiger partial charge in [0.25, 0.3) is 5.91 Å². The Labute approximate surface area is 166 Å². The van der Waals surface area contributed by atoms with Gasteiger partial charge in [0.1, 0.15) is 29.1 Å². The van der Waals surface area contributed by atoms with Crippen LogP contribution in [0.3, 0.4) is 0 Å². The number of aryl methyl sites for hydroxylation is 1. The summed E-state index contributed by atoms with van der Waals surface area (Å²) in [5.41, 5.74) is 0.129. The van der Waals surface area contributed by atoms with Crippen molar-refractivity contribution >= 4 is 23.2 Å². The van der Waals surface area contributed by atoms with Gasteiger partial charge in [0.05, 0.1) is 12.0 Å². The number of carbonyl (C=O) groups excluding carboxylic acids is 1. The number of hydrogen-bond donors (Lipinski definition) is 1. The van der Waals surface area contributed by atoms with Crippen molar-refractivity contribution in [3.05, 3.63) is 65.9 Å². The highest BCUT2D eigenvalue weighted by molar-refractivity contribution is 5.91. The number of halogens is 2. The lowest BCUT2D eigenvalue weighted by Gasteiger charge is -2.35. The second-order valence-electron chi connectivity index (χ2n) is 6.66. The van der Waals surface area contributed by atoms with Crippen LogP contribution in [-0.2, 0) is 0 Å². The van der Waals surface area contributed by atoms with E-state index in [-0.39, 0.29) is 11.6 Å². The highest BCUT2D eigenvalue weighted by atomic mass is 19.1. The molecule has 0 radical (unpaired) electrons. The number of hydrogen-bond acceptors (Lipinski definition) is 6. The molecular formula is C20H19F2N5O2. The molecule has 0 atom stereocenters. The zero-order valence-electron chi connectivity index (χ0n) is 15.7. The summed E-state index contributed by atoms with van der Waals surface area (Å²) in [6.07, 6.45) is 1.48. The molecule has 3 heterocycles. The van der Waals surface area contributed by atoms with Crippen LogP contribution in [0.5, 0.6) is 0 Å². The van der Waals surface area contributed by atoms with Crippen LogP contribution in [0.1, 0.15) is 16.4 Å². The molecule has 0 spiro atoms. The van der Waals surface area contributed by atoms with Crippen LogP contribution in [0.15, 0.2) is 47.1 Å². The van der Waals surface area contributed by atoms with Gasteiger partial charge >= 0.3 is 0 Å². The number of furan rings is 1. The summed E-state index contributed by atoms with van der Waals surface area (Å²) >= 11 is 0. The summed E-state index contributed by atoms with van der Waals surface area (Å²) in [6, 6.07) is 8.35. The van der Waals surface area contributed by atoms with Crippen LogP contribution in [0.4, 0.5) is 26.1 Å². The van der Waals surface area contributed by atoms with Gasteiger partial charge in [-0.25, -0.2) is 18.7 Å². The van der Waals surface area contributed by atoms with Crippen LogP contribution < -0.4 is 10.2 Å². The minimum absolute atomic E-state index is 0.129. The van der Waals surface area contributed by atoms with Gasteiger partial charge < -0.3 is 19.5 Å². The number of nitrogens with one attached hydrogen (secondary N) is 1. The minimum atomic E-state index is -0.701. The average molecular weight is 399 g/mol. The van der Waals surface area contributed by atoms with Crippen molar-refractivity contribution in [3.8, 4) is 0 Å². The van der Waals surface area contributed by atoms with Gasteiger partial charge in [-0.05, 0) is 31.2 Å². The number of amides is 1. The summed E-state index contributed by atoms with van der Waals surface area (Å²) in [7, 11) is 0. The van der Waals surface area contributed by atoms with E-state index < -0.39 is 11.6 Å². The van der Waals surface area contributed by atoms with Gasteiger partial charge in [-0.2, -0.15) is 0 Å². The molecule has 1 N–H and O–H groups in total. The Hall–Kier alpha value is -3.49. The van der Waals surface area contributed by atoms with E-state index in [9.17, 15) is 13.6 Å². The Morgan fingerprint density at radius 2 is 1.90 bits per heavy atom. The van der Waals surface area contributed by atoms with Gasteiger partial charge in [-0.1, -0.05) is 0 Å². The number of rotatable bonds is 4. The van der Waals surface area contributed by atoms with Crippen molar-refractivity contribution in [2.45, 2.75) is 6.92 Å². The summed E-state index contributed by atoms with van der Waals surface area (Å²) in [6.45, 7) is 3.97. The number of aromatic nitrogens is 2. The molecule has 9 heteroatoms. The van der Waals surface area contributed by atoms with Crippen LogP contribution >= 0.6 is 0 Å². The van der Waals surface area contributed by atoms with E-state index >= 15 is 0 Å². The first-order chi connectivity index (χ1) is 14.0. The number of carbonyl (C=O) groups is 1. The normalized spacial score (nSPS) is 14.2. The number of benzene rings is 1. The van der Waals surface area contributed by atoms with E-state index in [1.807, 2.05) is 4.90 Å². The van der Waals surface area contributed by atoms with E-state index in [4.69, 9.17) is 4.42 Å². The lowest BCUT2D eigenvalue weighted by molar-refractivity contribution is 0.0714. The van der Waals surface area contributed by atoms with Gasteiger partial charge in [0.15, 0.2) is 5.76 Å². The first-order valence-electron chi connectivity index (χ1n) is 9.15. The molecule has 29 heavy (non-hydrogen) atoms. The maximum Gasteiger partial charge on any atom is 0.289 e. The Morgan fingerprint density at radius 1 is 1.10 bits per heavy atom. The van der Waals surface area contributed by atoms with Crippen LogP contribution in [0.2, 0.25) is 0 Å². The molecule has 1 saturated heterocycles. The Kier molecular flexibility index (Phi) is 5.11. The van der Waals surface area contributed by atoms with E-state index in [0.29, 0.717) is 49.4 Å². The molecule has 1 aliphatic heterocycles. The van der Waals surface area contributed by atoms with Crippen molar-refractivity contribution < 1.29 is 18.0 Å². The second kappa shape index (κ2) is 7.86. The number of nitrogens with zero attached hydrogens (tertiary/aromatic N) is 4. The molecule has 1 aliphatic rings. The molecule has 150 valence electrons. The van der Waals surface area contributed by atoms with E-state index in [1.165, 1.54) is 18.4 Å². The summed E-state index contributed by atoms with van der Waals surface area (Å²) in [4.78, 5) is 24.9. The molecule has 1 fully saturated rings. The third-order valence-corrected chi connectivity index (χ3v) is 4.64. The third-order valence-electron chi connectivity index (χ3n) is 4.64. The monoisotopic (exact) mass is 399 g/mol. The van der Waals surface area contributed by atoms with Crippen LogP contribution in [0.25, 0.3) is 0 Å². The Morgan fingerprint density at radius 3 is 2.59 bits per heavy atom. The molecule has 2 aromatic heterocycles. The molecule has 0 bridgehead atoms. The summed E-state index contributed by atoms with van der Waals surface area (Å²) < 4.78 is 32.2. The lowest BCUT2D eigenvalue weighted by Crippen LogP contribution is -2.49.